The van der Waals surface area contributed by atoms with Crippen LogP contribution in [0, 0.1) is 0 Å². The Morgan fingerprint density at radius 2 is 2.06 bits per heavy atom. The first-order valence-electron chi connectivity index (χ1n) is 5.38. The molecular formula is C10H12BrNO4S2. The fourth-order valence-corrected chi connectivity index (χ4v) is 5.87. The largest absolute Gasteiger partial charge is 0.480 e. The quantitative estimate of drug-likeness (QED) is 0.868. The molecule has 18 heavy (non-hydrogen) atoms. The lowest BCUT2D eigenvalue weighted by Gasteiger charge is -2.24. The lowest BCUT2D eigenvalue weighted by atomic mass is 10.0. The Bertz CT molecular complexity index is 560. The predicted molar refractivity (Wildman–Crippen MR) is 71.2 cm³/mol. The molecule has 1 heterocycles. The van der Waals surface area contributed by atoms with E-state index in [9.17, 15) is 18.3 Å². The van der Waals surface area contributed by atoms with E-state index < -0.39 is 21.5 Å². The SMILES string of the molecule is O=C(O)C1(NS(=O)(=O)c2sccc2Br)CCCC1. The van der Waals surface area contributed by atoms with Crippen molar-refractivity contribution >= 4 is 43.3 Å². The highest BCUT2D eigenvalue weighted by molar-refractivity contribution is 9.10. The third-order valence-corrected chi connectivity index (χ3v) is 7.23. The van der Waals surface area contributed by atoms with E-state index in [2.05, 4.69) is 20.7 Å². The summed E-state index contributed by atoms with van der Waals surface area (Å²) in [5, 5.41) is 10.9. The van der Waals surface area contributed by atoms with Crippen LogP contribution in [0.25, 0.3) is 0 Å². The summed E-state index contributed by atoms with van der Waals surface area (Å²) in [6, 6.07) is 1.63. The minimum absolute atomic E-state index is 0.120. The van der Waals surface area contributed by atoms with Crippen molar-refractivity contribution in [2.24, 2.45) is 0 Å². The van der Waals surface area contributed by atoms with Gasteiger partial charge < -0.3 is 5.11 Å². The molecular weight excluding hydrogens is 342 g/mol. The van der Waals surface area contributed by atoms with Crippen LogP contribution in [0.15, 0.2) is 20.1 Å². The zero-order valence-corrected chi connectivity index (χ0v) is 12.6. The molecule has 2 rings (SSSR count). The number of hydrogen-bond acceptors (Lipinski definition) is 4. The number of carboxylic acids is 1. The molecule has 5 nitrogen and oxygen atoms in total. The minimum Gasteiger partial charge on any atom is -0.480 e. The van der Waals surface area contributed by atoms with E-state index in [4.69, 9.17) is 0 Å². The average molecular weight is 354 g/mol. The lowest BCUT2D eigenvalue weighted by Crippen LogP contribution is -2.52. The first kappa shape index (κ1) is 14.0. The molecule has 1 saturated carbocycles. The van der Waals surface area contributed by atoms with Crippen molar-refractivity contribution in [2.75, 3.05) is 0 Å². The molecule has 100 valence electrons. The summed E-state index contributed by atoms with van der Waals surface area (Å²) in [7, 11) is -3.79. The second-order valence-corrected chi connectivity index (χ2v) is 7.90. The van der Waals surface area contributed by atoms with Crippen LogP contribution in [-0.2, 0) is 14.8 Å². The Labute approximate surface area is 117 Å². The molecule has 1 aromatic heterocycles. The van der Waals surface area contributed by atoms with E-state index >= 15 is 0 Å². The number of halogens is 1. The minimum atomic E-state index is -3.79. The molecule has 0 bridgehead atoms. The summed E-state index contributed by atoms with van der Waals surface area (Å²) in [6.45, 7) is 0. The van der Waals surface area contributed by atoms with E-state index in [0.29, 0.717) is 17.3 Å². The Morgan fingerprint density at radius 3 is 2.50 bits per heavy atom. The number of sulfonamides is 1. The van der Waals surface area contributed by atoms with Crippen molar-refractivity contribution in [1.82, 2.24) is 4.72 Å². The van der Waals surface area contributed by atoms with Crippen LogP contribution in [-0.4, -0.2) is 25.0 Å². The Morgan fingerprint density at radius 1 is 1.44 bits per heavy atom. The van der Waals surface area contributed by atoms with Gasteiger partial charge in [-0.05, 0) is 40.2 Å². The van der Waals surface area contributed by atoms with Crippen LogP contribution < -0.4 is 4.72 Å². The molecule has 2 N–H and O–H groups in total. The first-order chi connectivity index (χ1) is 8.37. The number of nitrogens with one attached hydrogen (secondary N) is 1. The van der Waals surface area contributed by atoms with Crippen molar-refractivity contribution in [3.63, 3.8) is 0 Å². The van der Waals surface area contributed by atoms with Crippen molar-refractivity contribution in [3.05, 3.63) is 15.9 Å². The summed E-state index contributed by atoms with van der Waals surface area (Å²) in [6.07, 6.45) is 2.12. The van der Waals surface area contributed by atoms with Gasteiger partial charge >= 0.3 is 5.97 Å². The smallest absolute Gasteiger partial charge is 0.324 e. The zero-order valence-electron chi connectivity index (χ0n) is 9.35. The fraction of sp³-hybridized carbons (Fsp3) is 0.500. The molecule has 1 aliphatic rings. The van der Waals surface area contributed by atoms with Crippen LogP contribution in [0.5, 0.6) is 0 Å². The maximum absolute atomic E-state index is 12.2. The molecule has 1 fully saturated rings. The predicted octanol–water partition coefficient (Wildman–Crippen LogP) is 2.19. The molecule has 0 spiro atoms. The van der Waals surface area contributed by atoms with Gasteiger partial charge in [0.25, 0.3) is 10.0 Å². The third-order valence-electron chi connectivity index (χ3n) is 3.02. The molecule has 0 unspecified atom stereocenters. The Balaban J connectivity index is 2.33. The highest BCUT2D eigenvalue weighted by Crippen LogP contribution is 2.34. The number of thiophene rings is 1. The van der Waals surface area contributed by atoms with Crippen molar-refractivity contribution in [1.29, 1.82) is 0 Å². The maximum atomic E-state index is 12.2. The summed E-state index contributed by atoms with van der Waals surface area (Å²) < 4.78 is 27.3. The highest BCUT2D eigenvalue weighted by Gasteiger charge is 2.45. The van der Waals surface area contributed by atoms with Crippen molar-refractivity contribution in [2.45, 2.75) is 35.4 Å². The Hall–Kier alpha value is -0.440. The van der Waals surface area contributed by atoms with E-state index in [1.807, 2.05) is 0 Å². The molecule has 0 aromatic carbocycles. The van der Waals surface area contributed by atoms with Crippen LogP contribution >= 0.6 is 27.3 Å². The van der Waals surface area contributed by atoms with Gasteiger partial charge in [-0.15, -0.1) is 11.3 Å². The third kappa shape index (κ3) is 2.47. The monoisotopic (exact) mass is 353 g/mol. The number of carbonyl (C=O) groups is 1. The van der Waals surface area contributed by atoms with Gasteiger partial charge in [-0.25, -0.2) is 8.42 Å². The molecule has 0 amide bonds. The molecule has 0 aliphatic heterocycles. The highest BCUT2D eigenvalue weighted by atomic mass is 79.9. The van der Waals surface area contributed by atoms with Gasteiger partial charge in [-0.2, -0.15) is 4.72 Å². The zero-order chi connectivity index (χ0) is 13.4. The second kappa shape index (κ2) is 4.92. The summed E-state index contributed by atoms with van der Waals surface area (Å²) in [4.78, 5) is 11.3. The van der Waals surface area contributed by atoms with Crippen LogP contribution in [0.3, 0.4) is 0 Å². The van der Waals surface area contributed by atoms with E-state index in [-0.39, 0.29) is 4.21 Å². The molecule has 8 heteroatoms. The van der Waals surface area contributed by atoms with Gasteiger partial charge in [0.05, 0.1) is 0 Å². The molecule has 0 radical (unpaired) electrons. The van der Waals surface area contributed by atoms with Gasteiger partial charge in [0.2, 0.25) is 0 Å². The van der Waals surface area contributed by atoms with Gasteiger partial charge in [0, 0.05) is 4.47 Å². The van der Waals surface area contributed by atoms with Gasteiger partial charge in [-0.3, -0.25) is 4.79 Å². The molecule has 0 atom stereocenters. The summed E-state index contributed by atoms with van der Waals surface area (Å²) >= 11 is 4.21. The number of hydrogen-bond donors (Lipinski definition) is 2. The van der Waals surface area contributed by atoms with E-state index in [0.717, 1.165) is 24.2 Å². The standard InChI is InChI=1S/C10H12BrNO4S2/c11-7-3-6-17-8(7)18(15,16)12-10(9(13)14)4-1-2-5-10/h3,6,12H,1-2,4-5H2,(H,13,14). The summed E-state index contributed by atoms with van der Waals surface area (Å²) in [5.74, 6) is -1.10. The summed E-state index contributed by atoms with van der Waals surface area (Å²) in [5.41, 5.74) is -1.34. The average Bonchev–Trinajstić information content (AvgIpc) is 2.87. The van der Waals surface area contributed by atoms with Crippen LogP contribution in [0.2, 0.25) is 0 Å². The molecule has 1 aromatic rings. The van der Waals surface area contributed by atoms with Gasteiger partial charge in [-0.1, -0.05) is 12.8 Å². The Kier molecular flexibility index (Phi) is 3.82. The number of carboxylic acid groups (broad SMARTS) is 1. The van der Waals surface area contributed by atoms with Crippen molar-refractivity contribution < 1.29 is 18.3 Å². The van der Waals surface area contributed by atoms with Crippen LogP contribution in [0.4, 0.5) is 0 Å². The molecule has 1 aliphatic carbocycles. The van der Waals surface area contributed by atoms with E-state index in [1.54, 1.807) is 11.4 Å². The van der Waals surface area contributed by atoms with Crippen LogP contribution in [0.1, 0.15) is 25.7 Å². The first-order valence-corrected chi connectivity index (χ1v) is 8.53. The lowest BCUT2D eigenvalue weighted by molar-refractivity contribution is -0.143. The van der Waals surface area contributed by atoms with E-state index in [1.165, 1.54) is 0 Å². The number of rotatable bonds is 4. The molecule has 0 saturated heterocycles. The van der Waals surface area contributed by atoms with Gasteiger partial charge in [0.15, 0.2) is 0 Å². The van der Waals surface area contributed by atoms with Gasteiger partial charge in [0.1, 0.15) is 9.75 Å². The second-order valence-electron chi connectivity index (χ2n) is 4.26. The van der Waals surface area contributed by atoms with Crippen molar-refractivity contribution in [3.8, 4) is 0 Å². The topological polar surface area (TPSA) is 83.5 Å². The number of aliphatic carboxylic acids is 1. The maximum Gasteiger partial charge on any atom is 0.324 e. The normalized spacial score (nSPS) is 18.9. The fourth-order valence-electron chi connectivity index (χ4n) is 2.11.